The molecule has 0 aliphatic heterocycles. The van der Waals surface area contributed by atoms with E-state index in [0.29, 0.717) is 24.8 Å². The Kier molecular flexibility index (Phi) is 6.56. The molecular formula is C14H27NO2. The zero-order valence-corrected chi connectivity index (χ0v) is 11.3. The Hall–Kier alpha value is -0.570. The normalized spacial score (nSPS) is 26.5. The first kappa shape index (κ1) is 14.5. The molecule has 0 aromatic rings. The van der Waals surface area contributed by atoms with Gasteiger partial charge in [-0.1, -0.05) is 20.3 Å². The molecule has 3 atom stereocenters. The van der Waals surface area contributed by atoms with E-state index in [1.807, 2.05) is 0 Å². The molecule has 0 heterocycles. The topological polar surface area (TPSA) is 52.3 Å². The molecule has 0 saturated heterocycles. The number of esters is 1. The predicted molar refractivity (Wildman–Crippen MR) is 69.6 cm³/mol. The maximum absolute atomic E-state index is 11.7. The monoisotopic (exact) mass is 241 g/mol. The van der Waals surface area contributed by atoms with Crippen molar-refractivity contribution in [1.82, 2.24) is 0 Å². The number of rotatable bonds is 6. The summed E-state index contributed by atoms with van der Waals surface area (Å²) in [6.07, 6.45) is 7.19. The molecule has 1 rings (SSSR count). The van der Waals surface area contributed by atoms with Crippen LogP contribution in [0.5, 0.6) is 0 Å². The summed E-state index contributed by atoms with van der Waals surface area (Å²) in [6.45, 7) is 5.09. The summed E-state index contributed by atoms with van der Waals surface area (Å²) < 4.78 is 5.52. The molecular weight excluding hydrogens is 214 g/mol. The third kappa shape index (κ3) is 6.06. The van der Waals surface area contributed by atoms with Crippen LogP contribution in [-0.4, -0.2) is 18.6 Å². The van der Waals surface area contributed by atoms with Gasteiger partial charge in [-0.05, 0) is 50.5 Å². The molecule has 3 unspecified atom stereocenters. The van der Waals surface area contributed by atoms with Gasteiger partial charge in [0.1, 0.15) is 6.10 Å². The second-order valence-corrected chi connectivity index (χ2v) is 5.60. The first-order valence-corrected chi connectivity index (χ1v) is 7.01. The zero-order chi connectivity index (χ0) is 12.7. The van der Waals surface area contributed by atoms with Crippen LogP contribution in [0, 0.1) is 11.8 Å². The summed E-state index contributed by atoms with van der Waals surface area (Å²) in [7, 11) is 0. The fraction of sp³-hybridized carbons (Fsp3) is 0.929. The zero-order valence-electron chi connectivity index (χ0n) is 11.3. The highest BCUT2D eigenvalue weighted by atomic mass is 16.5. The molecule has 2 N–H and O–H groups in total. The third-order valence-electron chi connectivity index (χ3n) is 3.69. The van der Waals surface area contributed by atoms with Gasteiger partial charge in [-0.3, -0.25) is 4.79 Å². The lowest BCUT2D eigenvalue weighted by Gasteiger charge is -2.26. The quantitative estimate of drug-likeness (QED) is 0.727. The van der Waals surface area contributed by atoms with Crippen molar-refractivity contribution in [1.29, 1.82) is 0 Å². The van der Waals surface area contributed by atoms with E-state index in [9.17, 15) is 4.79 Å². The number of hydrogen-bond acceptors (Lipinski definition) is 3. The van der Waals surface area contributed by atoms with Gasteiger partial charge in [-0.2, -0.15) is 0 Å². The Labute approximate surface area is 105 Å². The van der Waals surface area contributed by atoms with Gasteiger partial charge in [0.15, 0.2) is 0 Å². The molecule has 17 heavy (non-hydrogen) atoms. The fourth-order valence-electron chi connectivity index (χ4n) is 2.52. The minimum absolute atomic E-state index is 0.0204. The first-order valence-electron chi connectivity index (χ1n) is 7.01. The lowest BCUT2D eigenvalue weighted by atomic mass is 9.89. The Morgan fingerprint density at radius 1 is 1.41 bits per heavy atom. The number of ether oxygens (including phenoxy) is 1. The number of carbonyl (C=O) groups excluding carboxylic acids is 1. The van der Waals surface area contributed by atoms with E-state index in [-0.39, 0.29) is 12.1 Å². The van der Waals surface area contributed by atoms with Crippen molar-refractivity contribution >= 4 is 5.97 Å². The van der Waals surface area contributed by atoms with Crippen molar-refractivity contribution in [3.63, 3.8) is 0 Å². The molecule has 0 spiro atoms. The van der Waals surface area contributed by atoms with Crippen LogP contribution in [0.4, 0.5) is 0 Å². The molecule has 1 fully saturated rings. The van der Waals surface area contributed by atoms with Crippen LogP contribution in [0.2, 0.25) is 0 Å². The van der Waals surface area contributed by atoms with Crippen molar-refractivity contribution in [2.45, 2.75) is 64.9 Å². The molecule has 3 nitrogen and oxygen atoms in total. The molecule has 3 heteroatoms. The average molecular weight is 241 g/mol. The van der Waals surface area contributed by atoms with E-state index < -0.39 is 0 Å². The van der Waals surface area contributed by atoms with Crippen LogP contribution < -0.4 is 5.73 Å². The Morgan fingerprint density at radius 2 is 2.18 bits per heavy atom. The van der Waals surface area contributed by atoms with Gasteiger partial charge in [0, 0.05) is 6.42 Å². The van der Waals surface area contributed by atoms with Crippen LogP contribution in [0.15, 0.2) is 0 Å². The van der Waals surface area contributed by atoms with Crippen molar-refractivity contribution in [2.24, 2.45) is 17.6 Å². The maximum Gasteiger partial charge on any atom is 0.306 e. The maximum atomic E-state index is 11.7. The highest BCUT2D eigenvalue weighted by molar-refractivity contribution is 5.69. The number of hydrogen-bond donors (Lipinski definition) is 1. The Morgan fingerprint density at radius 3 is 2.82 bits per heavy atom. The van der Waals surface area contributed by atoms with E-state index in [0.717, 1.165) is 25.7 Å². The van der Waals surface area contributed by atoms with Crippen LogP contribution in [0.3, 0.4) is 0 Å². The molecule has 1 aliphatic carbocycles. The van der Waals surface area contributed by atoms with Gasteiger partial charge in [0.2, 0.25) is 0 Å². The van der Waals surface area contributed by atoms with Gasteiger partial charge >= 0.3 is 5.97 Å². The van der Waals surface area contributed by atoms with Crippen LogP contribution in [0.25, 0.3) is 0 Å². The third-order valence-corrected chi connectivity index (χ3v) is 3.69. The van der Waals surface area contributed by atoms with Gasteiger partial charge in [0.25, 0.3) is 0 Å². The minimum atomic E-state index is -0.0204. The smallest absolute Gasteiger partial charge is 0.306 e. The Bertz CT molecular complexity index is 230. The van der Waals surface area contributed by atoms with E-state index >= 15 is 0 Å². The molecule has 0 aromatic heterocycles. The van der Waals surface area contributed by atoms with E-state index in [2.05, 4.69) is 13.8 Å². The number of nitrogens with two attached hydrogens (primary N) is 1. The standard InChI is InChI=1S/C14H27NO2/c1-11(8-9-15)6-7-14(16)17-13-5-3-4-12(2)10-13/h11-13H,3-10,15H2,1-2H3. The molecule has 1 aliphatic rings. The van der Waals surface area contributed by atoms with Gasteiger partial charge in [0.05, 0.1) is 0 Å². The molecule has 100 valence electrons. The van der Waals surface area contributed by atoms with Gasteiger partial charge in [-0.25, -0.2) is 0 Å². The molecule has 0 bridgehead atoms. The van der Waals surface area contributed by atoms with E-state index in [4.69, 9.17) is 10.5 Å². The number of carbonyl (C=O) groups is 1. The lowest BCUT2D eigenvalue weighted by Crippen LogP contribution is -2.24. The van der Waals surface area contributed by atoms with Crippen molar-refractivity contribution in [3.05, 3.63) is 0 Å². The van der Waals surface area contributed by atoms with Crippen LogP contribution >= 0.6 is 0 Å². The molecule has 0 amide bonds. The van der Waals surface area contributed by atoms with Crippen molar-refractivity contribution < 1.29 is 9.53 Å². The summed E-state index contributed by atoms with van der Waals surface area (Å²) in [5.74, 6) is 1.21. The summed E-state index contributed by atoms with van der Waals surface area (Å²) >= 11 is 0. The minimum Gasteiger partial charge on any atom is -0.462 e. The fourth-order valence-corrected chi connectivity index (χ4v) is 2.52. The largest absolute Gasteiger partial charge is 0.462 e. The average Bonchev–Trinajstić information content (AvgIpc) is 2.27. The lowest BCUT2D eigenvalue weighted by molar-refractivity contribution is -0.151. The SMILES string of the molecule is CC(CCN)CCC(=O)OC1CCCC(C)C1. The summed E-state index contributed by atoms with van der Waals surface area (Å²) in [5.41, 5.74) is 5.48. The van der Waals surface area contributed by atoms with Crippen molar-refractivity contribution in [2.75, 3.05) is 6.54 Å². The summed E-state index contributed by atoms with van der Waals surface area (Å²) in [4.78, 5) is 11.7. The summed E-state index contributed by atoms with van der Waals surface area (Å²) in [6, 6.07) is 0. The van der Waals surface area contributed by atoms with Crippen LogP contribution in [-0.2, 0) is 9.53 Å². The summed E-state index contributed by atoms with van der Waals surface area (Å²) in [5, 5.41) is 0. The van der Waals surface area contributed by atoms with Crippen molar-refractivity contribution in [3.8, 4) is 0 Å². The molecule has 0 radical (unpaired) electrons. The van der Waals surface area contributed by atoms with Crippen LogP contribution in [0.1, 0.15) is 58.8 Å². The predicted octanol–water partition coefficient (Wildman–Crippen LogP) is 2.87. The van der Waals surface area contributed by atoms with Gasteiger partial charge < -0.3 is 10.5 Å². The second-order valence-electron chi connectivity index (χ2n) is 5.60. The highest BCUT2D eigenvalue weighted by Crippen LogP contribution is 2.26. The highest BCUT2D eigenvalue weighted by Gasteiger charge is 2.22. The first-order chi connectivity index (χ1) is 8.11. The molecule has 0 aromatic carbocycles. The van der Waals surface area contributed by atoms with E-state index in [1.165, 1.54) is 12.8 Å². The van der Waals surface area contributed by atoms with Gasteiger partial charge in [-0.15, -0.1) is 0 Å². The van der Waals surface area contributed by atoms with E-state index in [1.54, 1.807) is 0 Å². The molecule has 1 saturated carbocycles. The Balaban J connectivity index is 2.15. The second kappa shape index (κ2) is 7.70.